The minimum Gasteiger partial charge on any atom is -1.00 e. The molecule has 0 amide bonds. The van der Waals surface area contributed by atoms with Crippen molar-refractivity contribution in [3.63, 3.8) is 0 Å². The molecule has 2 aliphatic carbocycles. The number of benzene rings is 3. The van der Waals surface area contributed by atoms with Gasteiger partial charge in [-0.05, 0) is 24.4 Å². The number of fused-ring (bicyclic) bond motifs is 2. The SMILES string of the molecule is C1=CC2[CH-]CCC2C=C1.[Cl-].[Cl-].[Ti+4].c1ccc(P(c2ccccc2)c2cc3ccccc3[cH-]2)cc1. The first-order valence-corrected chi connectivity index (χ1v) is 12.5. The topological polar surface area (TPSA) is 0 Å². The first-order valence-electron chi connectivity index (χ1n) is 11.1. The molecule has 4 heteroatoms. The molecule has 0 heterocycles. The van der Waals surface area contributed by atoms with Crippen LogP contribution in [0.5, 0.6) is 0 Å². The molecular weight excluding hydrogens is 510 g/mol. The fourth-order valence-electron chi connectivity index (χ4n) is 4.56. The number of hydrogen-bond donors (Lipinski definition) is 0. The van der Waals surface area contributed by atoms with Crippen molar-refractivity contribution in [2.45, 2.75) is 12.8 Å². The largest absolute Gasteiger partial charge is 4.00 e. The molecule has 4 aromatic carbocycles. The molecule has 4 aromatic rings. The van der Waals surface area contributed by atoms with Gasteiger partial charge >= 0.3 is 21.7 Å². The standard InChI is InChI=1S/C21H16P.C9H11.2ClH.Ti/c1-3-11-19(12-4-1)22(20-13-5-2-6-14-20)21-15-17-9-7-8-10-18(17)16-21;1-2-5-9-7-3-6-8(9)4-1;;;/h1-16H;1-2,4-6,8-9H,3,7H2;2*1H;/q2*-1;;;+4/p-2. The van der Waals surface area contributed by atoms with Crippen LogP contribution in [0.1, 0.15) is 12.8 Å². The molecule has 34 heavy (non-hydrogen) atoms. The summed E-state index contributed by atoms with van der Waals surface area (Å²) in [5, 5.41) is 6.89. The fraction of sp³-hybridized carbons (Fsp3) is 0.133. The summed E-state index contributed by atoms with van der Waals surface area (Å²) in [4.78, 5) is 0. The third-order valence-corrected chi connectivity index (χ3v) is 8.53. The van der Waals surface area contributed by atoms with Crippen LogP contribution >= 0.6 is 7.92 Å². The minimum absolute atomic E-state index is 0. The van der Waals surface area contributed by atoms with Crippen LogP contribution < -0.4 is 40.7 Å². The van der Waals surface area contributed by atoms with E-state index in [-0.39, 0.29) is 46.5 Å². The second kappa shape index (κ2) is 14.1. The van der Waals surface area contributed by atoms with Gasteiger partial charge in [0.15, 0.2) is 0 Å². The van der Waals surface area contributed by atoms with Crippen molar-refractivity contribution in [2.75, 3.05) is 0 Å². The summed E-state index contributed by atoms with van der Waals surface area (Å²) in [6.45, 7) is 0. The van der Waals surface area contributed by atoms with Gasteiger partial charge in [-0.15, -0.1) is 52.3 Å². The third-order valence-electron chi connectivity index (χ3n) is 6.13. The van der Waals surface area contributed by atoms with Gasteiger partial charge < -0.3 is 31.2 Å². The van der Waals surface area contributed by atoms with Crippen LogP contribution in [0.2, 0.25) is 0 Å². The Hall–Kier alpha value is -1.53. The number of halogens is 2. The molecule has 0 bridgehead atoms. The summed E-state index contributed by atoms with van der Waals surface area (Å²) >= 11 is 0. The quantitative estimate of drug-likeness (QED) is 0.205. The third kappa shape index (κ3) is 6.78. The Kier molecular flexibility index (Phi) is 11.9. The second-order valence-electron chi connectivity index (χ2n) is 8.17. The molecule has 170 valence electrons. The van der Waals surface area contributed by atoms with Crippen molar-refractivity contribution in [1.29, 1.82) is 0 Å². The molecule has 0 N–H and O–H groups in total. The normalized spacial score (nSPS) is 17.6. The van der Waals surface area contributed by atoms with Gasteiger partial charge in [0, 0.05) is 0 Å². The van der Waals surface area contributed by atoms with Crippen molar-refractivity contribution in [1.82, 2.24) is 0 Å². The van der Waals surface area contributed by atoms with Crippen LogP contribution in [0.15, 0.2) is 121 Å². The summed E-state index contributed by atoms with van der Waals surface area (Å²) in [6, 6.07) is 35.0. The van der Waals surface area contributed by atoms with Gasteiger partial charge in [0.25, 0.3) is 0 Å². The molecule has 6 rings (SSSR count). The Morgan fingerprint density at radius 3 is 1.91 bits per heavy atom. The Labute approximate surface area is 232 Å². The monoisotopic (exact) mass is 536 g/mol. The molecule has 2 atom stereocenters. The zero-order valence-corrected chi connectivity index (χ0v) is 22.9. The second-order valence-corrected chi connectivity index (χ2v) is 10.4. The van der Waals surface area contributed by atoms with E-state index in [1.807, 2.05) is 0 Å². The Morgan fingerprint density at radius 1 is 0.706 bits per heavy atom. The molecule has 0 aromatic heterocycles. The van der Waals surface area contributed by atoms with E-state index in [9.17, 15) is 0 Å². The van der Waals surface area contributed by atoms with E-state index in [0.717, 1.165) is 11.8 Å². The molecule has 1 fully saturated rings. The number of allylic oxidation sites excluding steroid dienone is 4. The maximum atomic E-state index is 2.42. The van der Waals surface area contributed by atoms with Gasteiger partial charge in [-0.3, -0.25) is 0 Å². The van der Waals surface area contributed by atoms with Crippen molar-refractivity contribution >= 4 is 34.6 Å². The number of hydrogen-bond acceptors (Lipinski definition) is 0. The molecule has 2 aliphatic rings. The maximum Gasteiger partial charge on any atom is 4.00 e. The van der Waals surface area contributed by atoms with Crippen molar-refractivity contribution < 1.29 is 46.5 Å². The number of rotatable bonds is 3. The summed E-state index contributed by atoms with van der Waals surface area (Å²) in [6.07, 6.45) is 14.1. The van der Waals surface area contributed by atoms with Crippen LogP contribution in [-0.2, 0) is 21.7 Å². The minimum atomic E-state index is -0.493. The summed E-state index contributed by atoms with van der Waals surface area (Å²) in [5.74, 6) is 1.62. The fourth-order valence-corrected chi connectivity index (χ4v) is 6.93. The van der Waals surface area contributed by atoms with E-state index in [1.165, 1.54) is 39.5 Å². The zero-order valence-electron chi connectivity index (χ0n) is 18.9. The summed E-state index contributed by atoms with van der Waals surface area (Å²) in [7, 11) is -0.493. The Morgan fingerprint density at radius 2 is 1.29 bits per heavy atom. The van der Waals surface area contributed by atoms with Crippen LogP contribution in [0.25, 0.3) is 10.8 Å². The molecule has 0 radical (unpaired) electrons. The van der Waals surface area contributed by atoms with E-state index in [1.54, 1.807) is 0 Å². The van der Waals surface area contributed by atoms with E-state index < -0.39 is 7.92 Å². The average molecular weight is 537 g/mol. The summed E-state index contributed by atoms with van der Waals surface area (Å²) < 4.78 is 0. The van der Waals surface area contributed by atoms with Crippen LogP contribution in [-0.4, -0.2) is 0 Å². The van der Waals surface area contributed by atoms with E-state index in [0.29, 0.717) is 0 Å². The molecule has 0 nitrogen and oxygen atoms in total. The van der Waals surface area contributed by atoms with Gasteiger partial charge in [0.05, 0.1) is 0 Å². The first kappa shape index (κ1) is 28.7. The molecule has 1 saturated carbocycles. The maximum absolute atomic E-state index is 2.42. The van der Waals surface area contributed by atoms with Crippen LogP contribution in [0.3, 0.4) is 0 Å². The molecular formula is C30H27Cl2PTi. The van der Waals surface area contributed by atoms with Gasteiger partial charge in [0.1, 0.15) is 0 Å². The van der Waals surface area contributed by atoms with Crippen molar-refractivity contribution in [2.24, 2.45) is 11.8 Å². The van der Waals surface area contributed by atoms with Crippen molar-refractivity contribution in [3.8, 4) is 0 Å². The van der Waals surface area contributed by atoms with Gasteiger partial charge in [-0.25, -0.2) is 0 Å². The predicted octanol–water partition coefficient (Wildman–Crippen LogP) is 0.665. The molecule has 0 aliphatic heterocycles. The molecule has 0 spiro atoms. The van der Waals surface area contributed by atoms with Gasteiger partial charge in [0.2, 0.25) is 0 Å². The average Bonchev–Trinajstić information content (AvgIpc) is 3.48. The van der Waals surface area contributed by atoms with Crippen molar-refractivity contribution in [3.05, 3.63) is 128 Å². The van der Waals surface area contributed by atoms with Gasteiger partial charge in [-0.2, -0.15) is 12.5 Å². The van der Waals surface area contributed by atoms with E-state index >= 15 is 0 Å². The zero-order chi connectivity index (χ0) is 20.9. The molecule has 0 saturated heterocycles. The Balaban J connectivity index is 0.000000290. The first-order chi connectivity index (χ1) is 15.4. The predicted molar refractivity (Wildman–Crippen MR) is 137 cm³/mol. The molecule has 2 unspecified atom stereocenters. The van der Waals surface area contributed by atoms with E-state index in [2.05, 4.69) is 128 Å². The summed E-state index contributed by atoms with van der Waals surface area (Å²) in [5.41, 5.74) is 0. The van der Waals surface area contributed by atoms with Crippen LogP contribution in [0, 0.1) is 18.3 Å². The Bertz CT molecular complexity index is 1090. The smallest absolute Gasteiger partial charge is 1.00 e. The van der Waals surface area contributed by atoms with E-state index in [4.69, 9.17) is 0 Å². The van der Waals surface area contributed by atoms with Crippen LogP contribution in [0.4, 0.5) is 0 Å². The van der Waals surface area contributed by atoms with Gasteiger partial charge in [-0.1, -0.05) is 91.4 Å².